The van der Waals surface area contributed by atoms with Gasteiger partial charge in [-0.2, -0.15) is 0 Å². The van der Waals surface area contributed by atoms with Crippen molar-refractivity contribution in [1.29, 1.82) is 0 Å². The van der Waals surface area contributed by atoms with Crippen LogP contribution in [0.25, 0.3) is 0 Å². The van der Waals surface area contributed by atoms with Gasteiger partial charge in [0, 0.05) is 15.2 Å². The number of rotatable bonds is 3. The number of anilines is 1. The van der Waals surface area contributed by atoms with Gasteiger partial charge in [0.25, 0.3) is 5.91 Å². The third-order valence-corrected chi connectivity index (χ3v) is 3.86. The predicted molar refractivity (Wildman–Crippen MR) is 85.9 cm³/mol. The smallest absolute Gasteiger partial charge is 0.252 e. The minimum atomic E-state index is -0.184. The first-order valence-corrected chi connectivity index (χ1v) is 7.26. The van der Waals surface area contributed by atoms with Crippen LogP contribution in [0.4, 0.5) is 5.69 Å². The van der Waals surface area contributed by atoms with E-state index in [1.54, 1.807) is 24.3 Å². The number of nitrogen functional groups attached to an aromatic ring is 1. The molecule has 2 rings (SSSR count). The predicted octanol–water partition coefficient (Wildman–Crippen LogP) is 4.18. The highest BCUT2D eigenvalue weighted by Gasteiger charge is 2.14. The zero-order chi connectivity index (χ0) is 14.7. The van der Waals surface area contributed by atoms with Gasteiger partial charge in [0.05, 0.1) is 11.6 Å². The summed E-state index contributed by atoms with van der Waals surface area (Å²) in [6.45, 7) is 1.91. The summed E-state index contributed by atoms with van der Waals surface area (Å²) in [6.07, 6.45) is 0. The van der Waals surface area contributed by atoms with Crippen molar-refractivity contribution in [3.05, 3.63) is 63.1 Å². The Morgan fingerprint density at radius 1 is 1.30 bits per heavy atom. The number of benzene rings is 2. The van der Waals surface area contributed by atoms with Gasteiger partial charge < -0.3 is 11.1 Å². The SMILES string of the molecule is C[C@@H](NC(=O)c1cc(N)ccc1Br)c1cccc(Cl)c1. The lowest BCUT2D eigenvalue weighted by atomic mass is 10.1. The maximum Gasteiger partial charge on any atom is 0.252 e. The van der Waals surface area contributed by atoms with Crippen LogP contribution in [0, 0.1) is 0 Å². The highest BCUT2D eigenvalue weighted by molar-refractivity contribution is 9.10. The molecule has 20 heavy (non-hydrogen) atoms. The maximum absolute atomic E-state index is 12.3. The minimum Gasteiger partial charge on any atom is -0.399 e. The van der Waals surface area contributed by atoms with Crippen LogP contribution in [0.5, 0.6) is 0 Å². The van der Waals surface area contributed by atoms with Gasteiger partial charge in [-0.1, -0.05) is 23.7 Å². The zero-order valence-electron chi connectivity index (χ0n) is 10.9. The Hall–Kier alpha value is -1.52. The number of hydrogen-bond acceptors (Lipinski definition) is 2. The van der Waals surface area contributed by atoms with Crippen molar-refractivity contribution in [3.63, 3.8) is 0 Å². The lowest BCUT2D eigenvalue weighted by Crippen LogP contribution is -2.27. The third-order valence-electron chi connectivity index (χ3n) is 2.93. The fourth-order valence-electron chi connectivity index (χ4n) is 1.85. The second kappa shape index (κ2) is 6.29. The van der Waals surface area contributed by atoms with Gasteiger partial charge in [0.15, 0.2) is 0 Å². The van der Waals surface area contributed by atoms with Crippen molar-refractivity contribution in [1.82, 2.24) is 5.32 Å². The Balaban J connectivity index is 2.17. The summed E-state index contributed by atoms with van der Waals surface area (Å²) in [5.74, 6) is -0.184. The number of amides is 1. The van der Waals surface area contributed by atoms with Crippen LogP contribution in [0.2, 0.25) is 5.02 Å². The number of nitrogens with two attached hydrogens (primary N) is 1. The van der Waals surface area contributed by atoms with E-state index in [-0.39, 0.29) is 11.9 Å². The molecule has 3 N–H and O–H groups in total. The molecule has 0 spiro atoms. The molecule has 104 valence electrons. The van der Waals surface area contributed by atoms with Crippen LogP contribution in [-0.2, 0) is 0 Å². The summed E-state index contributed by atoms with van der Waals surface area (Å²) in [6, 6.07) is 12.4. The Morgan fingerprint density at radius 2 is 2.05 bits per heavy atom. The molecule has 2 aromatic carbocycles. The summed E-state index contributed by atoms with van der Waals surface area (Å²) in [7, 11) is 0. The fourth-order valence-corrected chi connectivity index (χ4v) is 2.48. The van der Waals surface area contributed by atoms with E-state index in [4.69, 9.17) is 17.3 Å². The Labute approximate surface area is 131 Å². The van der Waals surface area contributed by atoms with Crippen LogP contribution < -0.4 is 11.1 Å². The molecule has 1 atom stereocenters. The van der Waals surface area contributed by atoms with E-state index < -0.39 is 0 Å². The van der Waals surface area contributed by atoms with E-state index in [1.165, 1.54) is 0 Å². The molecule has 0 aromatic heterocycles. The van der Waals surface area contributed by atoms with Crippen molar-refractivity contribution in [2.45, 2.75) is 13.0 Å². The number of halogens is 2. The standard InChI is InChI=1S/C15H14BrClN2O/c1-9(10-3-2-4-11(17)7-10)19-15(20)13-8-12(18)5-6-14(13)16/h2-9H,18H2,1H3,(H,19,20)/t9-/m1/s1. The Kier molecular flexibility index (Phi) is 4.68. The van der Waals surface area contributed by atoms with Crippen LogP contribution in [0.15, 0.2) is 46.9 Å². The van der Waals surface area contributed by atoms with Gasteiger partial charge in [0.2, 0.25) is 0 Å². The Morgan fingerprint density at radius 3 is 2.75 bits per heavy atom. The molecule has 0 bridgehead atoms. The average molecular weight is 354 g/mol. The molecule has 0 fully saturated rings. The van der Waals surface area contributed by atoms with E-state index in [9.17, 15) is 4.79 Å². The molecule has 0 aliphatic carbocycles. The second-order valence-electron chi connectivity index (χ2n) is 4.49. The molecule has 0 aliphatic rings. The van der Waals surface area contributed by atoms with Gasteiger partial charge in [-0.15, -0.1) is 0 Å². The third kappa shape index (κ3) is 3.52. The fraction of sp³-hybridized carbons (Fsp3) is 0.133. The summed E-state index contributed by atoms with van der Waals surface area (Å²) in [5, 5.41) is 3.57. The van der Waals surface area contributed by atoms with Crippen LogP contribution in [0.1, 0.15) is 28.9 Å². The monoisotopic (exact) mass is 352 g/mol. The average Bonchev–Trinajstić information content (AvgIpc) is 2.41. The highest BCUT2D eigenvalue weighted by atomic mass is 79.9. The van der Waals surface area contributed by atoms with Crippen molar-refractivity contribution < 1.29 is 4.79 Å². The summed E-state index contributed by atoms with van der Waals surface area (Å²) < 4.78 is 0.711. The number of carbonyl (C=O) groups is 1. The number of nitrogens with one attached hydrogen (secondary N) is 1. The largest absolute Gasteiger partial charge is 0.399 e. The molecule has 0 heterocycles. The minimum absolute atomic E-state index is 0.144. The van der Waals surface area contributed by atoms with Gasteiger partial charge in [-0.25, -0.2) is 0 Å². The van der Waals surface area contributed by atoms with Crippen LogP contribution in [0.3, 0.4) is 0 Å². The summed E-state index contributed by atoms with van der Waals surface area (Å²) >= 11 is 9.30. The number of carbonyl (C=O) groups excluding carboxylic acids is 1. The van der Waals surface area contributed by atoms with E-state index in [2.05, 4.69) is 21.2 Å². The molecule has 3 nitrogen and oxygen atoms in total. The lowest BCUT2D eigenvalue weighted by Gasteiger charge is -2.15. The van der Waals surface area contributed by atoms with Crippen molar-refractivity contribution in [2.24, 2.45) is 0 Å². The molecule has 0 saturated carbocycles. The van der Waals surface area contributed by atoms with Gasteiger partial charge in [-0.05, 0) is 58.7 Å². The highest BCUT2D eigenvalue weighted by Crippen LogP contribution is 2.22. The van der Waals surface area contributed by atoms with E-state index in [0.29, 0.717) is 20.7 Å². The zero-order valence-corrected chi connectivity index (χ0v) is 13.2. The molecule has 2 aromatic rings. The van der Waals surface area contributed by atoms with E-state index in [0.717, 1.165) is 5.56 Å². The molecular weight excluding hydrogens is 340 g/mol. The maximum atomic E-state index is 12.3. The molecule has 0 unspecified atom stereocenters. The molecule has 0 radical (unpaired) electrons. The van der Waals surface area contributed by atoms with Gasteiger partial charge in [-0.3, -0.25) is 4.79 Å². The summed E-state index contributed by atoms with van der Waals surface area (Å²) in [5.41, 5.74) is 7.72. The molecule has 0 aliphatic heterocycles. The molecule has 1 amide bonds. The first-order valence-electron chi connectivity index (χ1n) is 6.08. The van der Waals surface area contributed by atoms with Crippen LogP contribution in [-0.4, -0.2) is 5.91 Å². The second-order valence-corrected chi connectivity index (χ2v) is 5.78. The number of hydrogen-bond donors (Lipinski definition) is 2. The quantitative estimate of drug-likeness (QED) is 0.813. The first kappa shape index (κ1) is 14.9. The first-order chi connectivity index (χ1) is 9.47. The normalized spacial score (nSPS) is 11.9. The van der Waals surface area contributed by atoms with Crippen molar-refractivity contribution in [3.8, 4) is 0 Å². The lowest BCUT2D eigenvalue weighted by molar-refractivity contribution is 0.0939. The van der Waals surface area contributed by atoms with E-state index in [1.807, 2.05) is 25.1 Å². The molecule has 5 heteroatoms. The van der Waals surface area contributed by atoms with Gasteiger partial charge in [0.1, 0.15) is 0 Å². The van der Waals surface area contributed by atoms with Gasteiger partial charge >= 0.3 is 0 Å². The van der Waals surface area contributed by atoms with Crippen molar-refractivity contribution >= 4 is 39.1 Å². The molecular formula is C15H14BrClN2O. The topological polar surface area (TPSA) is 55.1 Å². The van der Waals surface area contributed by atoms with Crippen molar-refractivity contribution in [2.75, 3.05) is 5.73 Å². The van der Waals surface area contributed by atoms with Crippen LogP contribution >= 0.6 is 27.5 Å². The Bertz CT molecular complexity index is 646. The molecule has 0 saturated heterocycles. The summed E-state index contributed by atoms with van der Waals surface area (Å²) in [4.78, 5) is 12.3. The van der Waals surface area contributed by atoms with E-state index >= 15 is 0 Å².